The van der Waals surface area contributed by atoms with E-state index in [4.69, 9.17) is 4.42 Å². The standard InChI is InChI=1S/C21H15N3O4S/c25-20(23-21-22-13-17(29-21)11-14-5-2-1-3-6-14)19-10-9-18(28-19)15-7-4-8-16(12-15)24(26)27/h1-10,12-13H,11H2,(H,22,23,25). The first kappa shape index (κ1) is 18.6. The third kappa shape index (κ3) is 4.39. The van der Waals surface area contributed by atoms with E-state index in [0.717, 1.165) is 11.3 Å². The summed E-state index contributed by atoms with van der Waals surface area (Å²) in [5, 5.41) is 14.1. The number of nitrogens with zero attached hydrogens (tertiary/aromatic N) is 2. The zero-order chi connectivity index (χ0) is 20.2. The maximum absolute atomic E-state index is 12.5. The Morgan fingerprint density at radius 1 is 1.10 bits per heavy atom. The van der Waals surface area contributed by atoms with Crippen LogP contribution in [0.5, 0.6) is 0 Å². The molecule has 4 aromatic rings. The summed E-state index contributed by atoms with van der Waals surface area (Å²) >= 11 is 1.40. The predicted molar refractivity (Wildman–Crippen MR) is 110 cm³/mol. The lowest BCUT2D eigenvalue weighted by Gasteiger charge is -1.99. The van der Waals surface area contributed by atoms with Crippen LogP contribution in [0.4, 0.5) is 10.8 Å². The molecular weight excluding hydrogens is 390 g/mol. The number of amides is 1. The Balaban J connectivity index is 1.45. The van der Waals surface area contributed by atoms with Crippen LogP contribution in [-0.4, -0.2) is 15.8 Å². The number of furan rings is 1. The molecule has 2 heterocycles. The van der Waals surface area contributed by atoms with Crippen LogP contribution < -0.4 is 5.32 Å². The zero-order valence-electron chi connectivity index (χ0n) is 15.1. The van der Waals surface area contributed by atoms with Crippen molar-refractivity contribution in [3.8, 4) is 11.3 Å². The molecule has 2 aromatic heterocycles. The Kier molecular flexibility index (Phi) is 5.17. The van der Waals surface area contributed by atoms with Gasteiger partial charge in [0.25, 0.3) is 11.6 Å². The molecular formula is C21H15N3O4S. The van der Waals surface area contributed by atoms with Crippen LogP contribution >= 0.6 is 11.3 Å². The molecule has 8 heteroatoms. The number of anilines is 1. The van der Waals surface area contributed by atoms with Crippen molar-refractivity contribution in [3.05, 3.63) is 99.2 Å². The fourth-order valence-corrected chi connectivity index (χ4v) is 3.63. The highest BCUT2D eigenvalue weighted by Crippen LogP contribution is 2.27. The summed E-state index contributed by atoms with van der Waals surface area (Å²) in [6.07, 6.45) is 2.48. The lowest BCUT2D eigenvalue weighted by molar-refractivity contribution is -0.384. The average molecular weight is 405 g/mol. The van der Waals surface area contributed by atoms with Crippen LogP contribution in [0.1, 0.15) is 21.0 Å². The first-order chi connectivity index (χ1) is 14.1. The second-order valence-corrected chi connectivity index (χ2v) is 7.33. The number of carbonyl (C=O) groups excluding carboxylic acids is 1. The van der Waals surface area contributed by atoms with Gasteiger partial charge < -0.3 is 4.42 Å². The van der Waals surface area contributed by atoms with Gasteiger partial charge in [-0.15, -0.1) is 11.3 Å². The minimum Gasteiger partial charge on any atom is -0.451 e. The Bertz CT molecular complexity index is 1170. The van der Waals surface area contributed by atoms with Gasteiger partial charge >= 0.3 is 0 Å². The molecule has 0 atom stereocenters. The molecule has 0 saturated heterocycles. The fraction of sp³-hybridized carbons (Fsp3) is 0.0476. The van der Waals surface area contributed by atoms with Crippen molar-refractivity contribution < 1.29 is 14.1 Å². The number of hydrogen-bond acceptors (Lipinski definition) is 6. The number of thiazole rings is 1. The number of aromatic nitrogens is 1. The third-order valence-corrected chi connectivity index (χ3v) is 5.08. The second kappa shape index (κ2) is 8.07. The molecule has 0 saturated carbocycles. The lowest BCUT2D eigenvalue weighted by Crippen LogP contribution is -2.10. The van der Waals surface area contributed by atoms with E-state index < -0.39 is 10.8 Å². The molecule has 0 spiro atoms. The molecule has 4 rings (SSSR count). The quantitative estimate of drug-likeness (QED) is 0.353. The lowest BCUT2D eigenvalue weighted by atomic mass is 10.1. The topological polar surface area (TPSA) is 98.3 Å². The van der Waals surface area contributed by atoms with Crippen LogP contribution in [-0.2, 0) is 6.42 Å². The number of nitrogens with one attached hydrogen (secondary N) is 1. The molecule has 1 amide bonds. The molecule has 2 aromatic carbocycles. The van der Waals surface area contributed by atoms with Gasteiger partial charge in [-0.2, -0.15) is 0 Å². The van der Waals surface area contributed by atoms with Gasteiger partial charge in [-0.3, -0.25) is 20.2 Å². The Morgan fingerprint density at radius 2 is 1.93 bits per heavy atom. The summed E-state index contributed by atoms with van der Waals surface area (Å²) in [4.78, 5) is 28.2. The largest absolute Gasteiger partial charge is 0.451 e. The number of hydrogen-bond donors (Lipinski definition) is 1. The van der Waals surface area contributed by atoms with Crippen molar-refractivity contribution in [2.45, 2.75) is 6.42 Å². The van der Waals surface area contributed by atoms with Crippen LogP contribution in [0.15, 0.2) is 77.3 Å². The van der Waals surface area contributed by atoms with Crippen molar-refractivity contribution in [2.24, 2.45) is 0 Å². The second-order valence-electron chi connectivity index (χ2n) is 6.22. The van der Waals surface area contributed by atoms with E-state index in [-0.39, 0.29) is 11.4 Å². The molecule has 0 bridgehead atoms. The van der Waals surface area contributed by atoms with Crippen molar-refractivity contribution in [1.82, 2.24) is 4.98 Å². The molecule has 29 heavy (non-hydrogen) atoms. The Morgan fingerprint density at radius 3 is 2.72 bits per heavy atom. The normalized spacial score (nSPS) is 10.6. The molecule has 0 fully saturated rings. The van der Waals surface area contributed by atoms with Crippen LogP contribution in [0.2, 0.25) is 0 Å². The van der Waals surface area contributed by atoms with Crippen molar-refractivity contribution in [1.29, 1.82) is 0 Å². The highest BCUT2D eigenvalue weighted by atomic mass is 32.1. The number of rotatable bonds is 6. The maximum Gasteiger partial charge on any atom is 0.293 e. The summed E-state index contributed by atoms with van der Waals surface area (Å²) < 4.78 is 5.58. The number of benzene rings is 2. The molecule has 7 nitrogen and oxygen atoms in total. The van der Waals surface area contributed by atoms with E-state index in [1.54, 1.807) is 24.4 Å². The van der Waals surface area contributed by atoms with Gasteiger partial charge in [0.1, 0.15) is 5.76 Å². The van der Waals surface area contributed by atoms with E-state index in [1.165, 1.54) is 35.1 Å². The number of nitro benzene ring substituents is 1. The predicted octanol–water partition coefficient (Wildman–Crippen LogP) is 5.15. The smallest absolute Gasteiger partial charge is 0.293 e. The van der Waals surface area contributed by atoms with Gasteiger partial charge in [0, 0.05) is 35.2 Å². The van der Waals surface area contributed by atoms with Crippen molar-refractivity contribution >= 4 is 28.1 Å². The van der Waals surface area contributed by atoms with Gasteiger partial charge in [0.05, 0.1) is 4.92 Å². The number of nitro groups is 1. The molecule has 1 N–H and O–H groups in total. The zero-order valence-corrected chi connectivity index (χ0v) is 15.9. The molecule has 144 valence electrons. The van der Waals surface area contributed by atoms with E-state index >= 15 is 0 Å². The van der Waals surface area contributed by atoms with E-state index in [9.17, 15) is 14.9 Å². The monoisotopic (exact) mass is 405 g/mol. The average Bonchev–Trinajstić information content (AvgIpc) is 3.39. The van der Waals surface area contributed by atoms with Crippen LogP contribution in [0.3, 0.4) is 0 Å². The first-order valence-corrected chi connectivity index (χ1v) is 9.55. The highest BCUT2D eigenvalue weighted by molar-refractivity contribution is 7.15. The van der Waals surface area contributed by atoms with Gasteiger partial charge in [-0.05, 0) is 17.7 Å². The van der Waals surface area contributed by atoms with Crippen molar-refractivity contribution in [3.63, 3.8) is 0 Å². The van der Waals surface area contributed by atoms with Crippen molar-refractivity contribution in [2.75, 3.05) is 5.32 Å². The summed E-state index contributed by atoms with van der Waals surface area (Å²) in [5.41, 5.74) is 1.65. The Labute approximate surface area is 169 Å². The summed E-state index contributed by atoms with van der Waals surface area (Å²) in [6.45, 7) is 0. The fourth-order valence-electron chi connectivity index (χ4n) is 2.79. The van der Waals surface area contributed by atoms with Gasteiger partial charge in [-0.25, -0.2) is 4.98 Å². The minimum atomic E-state index is -0.477. The van der Waals surface area contributed by atoms with Crippen LogP contribution in [0.25, 0.3) is 11.3 Å². The summed E-state index contributed by atoms with van der Waals surface area (Å²) in [7, 11) is 0. The summed E-state index contributed by atoms with van der Waals surface area (Å²) in [6, 6.07) is 19.2. The number of non-ortho nitro benzene ring substituents is 1. The molecule has 0 unspecified atom stereocenters. The van der Waals surface area contributed by atoms with E-state index in [2.05, 4.69) is 10.3 Å². The molecule has 0 aliphatic rings. The van der Waals surface area contributed by atoms with E-state index in [0.29, 0.717) is 16.5 Å². The SMILES string of the molecule is O=C(Nc1ncc(Cc2ccccc2)s1)c1ccc(-c2cccc([N+](=O)[O-])c2)o1. The van der Waals surface area contributed by atoms with Gasteiger partial charge in [0.2, 0.25) is 0 Å². The third-order valence-electron chi connectivity index (χ3n) is 4.17. The first-order valence-electron chi connectivity index (χ1n) is 8.73. The molecule has 0 aliphatic carbocycles. The highest BCUT2D eigenvalue weighted by Gasteiger charge is 2.16. The minimum absolute atomic E-state index is 0.0429. The molecule has 0 radical (unpaired) electrons. The number of carbonyl (C=O) groups is 1. The van der Waals surface area contributed by atoms with Gasteiger partial charge in [-0.1, -0.05) is 42.5 Å². The Hall–Kier alpha value is -3.78. The van der Waals surface area contributed by atoms with E-state index in [1.807, 2.05) is 30.3 Å². The van der Waals surface area contributed by atoms with Crippen LogP contribution in [0, 0.1) is 10.1 Å². The van der Waals surface area contributed by atoms with Gasteiger partial charge in [0.15, 0.2) is 10.9 Å². The maximum atomic E-state index is 12.5. The summed E-state index contributed by atoms with van der Waals surface area (Å²) in [5.74, 6) is 0.0522. The molecule has 0 aliphatic heterocycles.